The first kappa shape index (κ1) is 49.3. The largest absolute Gasteiger partial charge is 0.493 e. The molecule has 3 aromatic carbocycles. The number of methoxy groups -OCH3 is 3. The van der Waals surface area contributed by atoms with Crippen LogP contribution in [-0.4, -0.2) is 129 Å². The highest BCUT2D eigenvalue weighted by molar-refractivity contribution is 5.70. The van der Waals surface area contributed by atoms with E-state index in [1.807, 2.05) is 77.9 Å². The summed E-state index contributed by atoms with van der Waals surface area (Å²) in [6.45, 7) is 17.6. The summed E-state index contributed by atoms with van der Waals surface area (Å²) in [5.74, 6) is 3.97. The van der Waals surface area contributed by atoms with E-state index < -0.39 is 0 Å². The molecule has 0 radical (unpaired) electrons. The monoisotopic (exact) mass is 868 g/mol. The van der Waals surface area contributed by atoms with Gasteiger partial charge in [-0.25, -0.2) is 0 Å². The number of anilines is 6. The number of nitrogens with zero attached hydrogens (tertiary/aromatic N) is 3. The molecule has 342 valence electrons. The number of aryl methyl sites for hydroxylation is 3. The summed E-state index contributed by atoms with van der Waals surface area (Å²) in [6.07, 6.45) is 0. The van der Waals surface area contributed by atoms with Crippen molar-refractivity contribution in [3.8, 4) is 34.5 Å². The fraction of sp³-hybridized carbons (Fsp3) is 0.523. The van der Waals surface area contributed by atoms with Gasteiger partial charge in [-0.2, -0.15) is 15.0 Å². The Morgan fingerprint density at radius 3 is 1.00 bits per heavy atom. The molecule has 18 nitrogen and oxygen atoms in total. The Morgan fingerprint density at radius 1 is 0.371 bits per heavy atom. The number of nitrogens with one attached hydrogen (secondary N) is 3. The van der Waals surface area contributed by atoms with E-state index in [2.05, 4.69) is 16.0 Å². The third kappa shape index (κ3) is 16.2. The molecule has 0 bridgehead atoms. The third-order valence-corrected chi connectivity index (χ3v) is 8.89. The van der Waals surface area contributed by atoms with Crippen LogP contribution in [0.4, 0.5) is 34.9 Å². The van der Waals surface area contributed by atoms with Crippen molar-refractivity contribution in [2.24, 2.45) is 0 Å². The van der Waals surface area contributed by atoms with Gasteiger partial charge in [-0.15, -0.1) is 0 Å². The standard InChI is InChI=1S/C44H64N6O12/c1-10-54-13-15-57-17-20-60-39-26-33(30(4)23-36(39)51-7)45-42-48-43(46-34-27-40(37(52-8)24-31(34)5)61-21-18-58-16-14-55-11-2)50-44(49-42)47-35-28-41(38(53-9)25-32(35)6)62-22-19-59-29-56-12-3/h23-28H,10-22,29H2,1-9H3,(H3,45,46,47,48,49,50). The van der Waals surface area contributed by atoms with Crippen LogP contribution >= 0.6 is 0 Å². The molecule has 0 atom stereocenters. The van der Waals surface area contributed by atoms with Crippen molar-refractivity contribution < 1.29 is 56.8 Å². The van der Waals surface area contributed by atoms with Crippen molar-refractivity contribution >= 4 is 34.9 Å². The van der Waals surface area contributed by atoms with Crippen molar-refractivity contribution in [2.45, 2.75) is 41.5 Å². The van der Waals surface area contributed by atoms with Gasteiger partial charge in [0, 0.05) is 55.1 Å². The molecule has 1 heterocycles. The maximum Gasteiger partial charge on any atom is 0.233 e. The zero-order valence-corrected chi connectivity index (χ0v) is 37.6. The molecule has 1 aromatic heterocycles. The van der Waals surface area contributed by atoms with Crippen molar-refractivity contribution in [1.29, 1.82) is 0 Å². The molecule has 0 unspecified atom stereocenters. The van der Waals surface area contributed by atoms with Crippen molar-refractivity contribution in [2.75, 3.05) is 130 Å². The van der Waals surface area contributed by atoms with Crippen LogP contribution in [-0.2, 0) is 28.4 Å². The molecule has 0 aliphatic carbocycles. The second-order valence-electron chi connectivity index (χ2n) is 13.3. The van der Waals surface area contributed by atoms with Crippen LogP contribution < -0.4 is 44.4 Å². The van der Waals surface area contributed by atoms with Crippen LogP contribution in [0.2, 0.25) is 0 Å². The number of hydrogen-bond donors (Lipinski definition) is 3. The van der Waals surface area contributed by atoms with E-state index in [1.165, 1.54) is 0 Å². The maximum atomic E-state index is 6.09. The van der Waals surface area contributed by atoms with Crippen molar-refractivity contribution in [3.63, 3.8) is 0 Å². The number of aromatic nitrogens is 3. The van der Waals surface area contributed by atoms with Crippen LogP contribution in [0.1, 0.15) is 37.5 Å². The van der Waals surface area contributed by atoms with Gasteiger partial charge in [0.25, 0.3) is 0 Å². The van der Waals surface area contributed by atoms with Crippen LogP contribution in [0.5, 0.6) is 34.5 Å². The van der Waals surface area contributed by atoms with Crippen LogP contribution in [0.15, 0.2) is 36.4 Å². The van der Waals surface area contributed by atoms with Gasteiger partial charge in [0.05, 0.1) is 67.6 Å². The van der Waals surface area contributed by atoms with Crippen LogP contribution in [0.25, 0.3) is 0 Å². The Balaban J connectivity index is 1.65. The first-order valence-corrected chi connectivity index (χ1v) is 20.7. The molecule has 0 saturated carbocycles. The van der Waals surface area contributed by atoms with Gasteiger partial charge in [0.1, 0.15) is 26.6 Å². The zero-order chi connectivity index (χ0) is 44.5. The predicted octanol–water partition coefficient (Wildman–Crippen LogP) is 7.31. The summed E-state index contributed by atoms with van der Waals surface area (Å²) in [7, 11) is 4.78. The SMILES string of the molecule is CCOCCOCCOc1cc(Nc2nc(Nc3cc(OCCOCCOCC)c(OC)cc3C)nc(Nc3cc(OCCOCOCC)c(OC)cc3C)n2)c(C)cc1OC. The molecule has 0 aliphatic heterocycles. The lowest BCUT2D eigenvalue weighted by molar-refractivity contribution is -0.0562. The minimum atomic E-state index is 0.188. The number of benzene rings is 3. The molecule has 0 fully saturated rings. The summed E-state index contributed by atoms with van der Waals surface area (Å²) < 4.78 is 67.9. The number of hydrogen-bond acceptors (Lipinski definition) is 18. The quantitative estimate of drug-likeness (QED) is 0.0327. The second-order valence-corrected chi connectivity index (χ2v) is 13.3. The van der Waals surface area contributed by atoms with Crippen molar-refractivity contribution in [1.82, 2.24) is 15.0 Å². The van der Waals surface area contributed by atoms with E-state index in [0.717, 1.165) is 16.7 Å². The molecule has 18 heteroatoms. The number of ether oxygens (including phenoxy) is 12. The van der Waals surface area contributed by atoms with E-state index in [-0.39, 0.29) is 31.2 Å². The Labute approximate surface area is 365 Å². The fourth-order valence-corrected chi connectivity index (χ4v) is 5.67. The summed E-state index contributed by atoms with van der Waals surface area (Å²) in [4.78, 5) is 14.4. The average Bonchev–Trinajstić information content (AvgIpc) is 3.26. The maximum absolute atomic E-state index is 6.09. The Bertz CT molecular complexity index is 1840. The lowest BCUT2D eigenvalue weighted by atomic mass is 10.1. The van der Waals surface area contributed by atoms with Gasteiger partial charge < -0.3 is 72.8 Å². The normalized spacial score (nSPS) is 11.0. The summed E-state index contributed by atoms with van der Waals surface area (Å²) in [6, 6.07) is 11.1. The lowest BCUT2D eigenvalue weighted by Gasteiger charge is -2.18. The molecule has 0 aliphatic rings. The molecular weight excluding hydrogens is 805 g/mol. The van der Waals surface area contributed by atoms with E-state index in [0.29, 0.717) is 131 Å². The highest BCUT2D eigenvalue weighted by atomic mass is 16.7. The predicted molar refractivity (Wildman–Crippen MR) is 236 cm³/mol. The highest BCUT2D eigenvalue weighted by Crippen LogP contribution is 2.38. The smallest absolute Gasteiger partial charge is 0.233 e. The average molecular weight is 869 g/mol. The summed E-state index contributed by atoms with van der Waals surface area (Å²) in [5, 5.41) is 10.1. The van der Waals surface area contributed by atoms with Gasteiger partial charge >= 0.3 is 0 Å². The van der Waals surface area contributed by atoms with E-state index in [1.54, 1.807) is 21.3 Å². The Hall–Kier alpha value is -5.37. The highest BCUT2D eigenvalue weighted by Gasteiger charge is 2.17. The topological polar surface area (TPSA) is 186 Å². The fourth-order valence-electron chi connectivity index (χ4n) is 5.67. The third-order valence-electron chi connectivity index (χ3n) is 8.89. The molecule has 0 spiro atoms. The molecule has 3 N–H and O–H groups in total. The van der Waals surface area contributed by atoms with Gasteiger partial charge in [-0.3, -0.25) is 0 Å². The molecular formula is C44H64N6O12. The minimum Gasteiger partial charge on any atom is -0.493 e. The van der Waals surface area contributed by atoms with Gasteiger partial charge in [-0.05, 0) is 76.4 Å². The van der Waals surface area contributed by atoms with Gasteiger partial charge in [0.15, 0.2) is 34.5 Å². The van der Waals surface area contributed by atoms with Crippen LogP contribution in [0.3, 0.4) is 0 Å². The molecule has 0 amide bonds. The molecule has 4 rings (SSSR count). The first-order chi connectivity index (χ1) is 30.2. The molecule has 4 aromatic rings. The lowest BCUT2D eigenvalue weighted by Crippen LogP contribution is -2.12. The van der Waals surface area contributed by atoms with E-state index in [4.69, 9.17) is 71.8 Å². The van der Waals surface area contributed by atoms with E-state index in [9.17, 15) is 0 Å². The van der Waals surface area contributed by atoms with Crippen LogP contribution in [0, 0.1) is 20.8 Å². The Kier molecular flexibility index (Phi) is 21.9. The van der Waals surface area contributed by atoms with Gasteiger partial charge in [-0.1, -0.05) is 0 Å². The summed E-state index contributed by atoms with van der Waals surface area (Å²) >= 11 is 0. The van der Waals surface area contributed by atoms with Crippen molar-refractivity contribution in [3.05, 3.63) is 53.1 Å². The number of rotatable bonds is 32. The molecule has 62 heavy (non-hydrogen) atoms. The first-order valence-electron chi connectivity index (χ1n) is 20.7. The zero-order valence-electron chi connectivity index (χ0n) is 37.6. The van der Waals surface area contributed by atoms with Gasteiger partial charge in [0.2, 0.25) is 17.8 Å². The second kappa shape index (κ2) is 27.5. The minimum absolute atomic E-state index is 0.188. The Morgan fingerprint density at radius 2 is 0.677 bits per heavy atom. The van der Waals surface area contributed by atoms with E-state index >= 15 is 0 Å². The summed E-state index contributed by atoms with van der Waals surface area (Å²) in [5.41, 5.74) is 4.63. The molecule has 0 saturated heterocycles.